The Balaban J connectivity index is 1.50. The third-order valence-electron chi connectivity index (χ3n) is 6.59. The molecule has 0 saturated carbocycles. The maximum absolute atomic E-state index is 13.3. The largest absolute Gasteiger partial charge is 0.507 e. The van der Waals surface area contributed by atoms with E-state index in [1.165, 1.54) is 4.90 Å². The second kappa shape index (κ2) is 10.7. The average molecular weight is 533 g/mol. The van der Waals surface area contributed by atoms with Gasteiger partial charge in [-0.15, -0.1) is 0 Å². The van der Waals surface area contributed by atoms with Crippen molar-refractivity contribution in [1.29, 1.82) is 0 Å². The van der Waals surface area contributed by atoms with Crippen LogP contribution in [0.4, 0.5) is 0 Å². The number of hydrogen-bond acceptors (Lipinski definition) is 7. The molecule has 0 aromatic heterocycles. The van der Waals surface area contributed by atoms with Gasteiger partial charge < -0.3 is 24.2 Å². The molecule has 2 fully saturated rings. The summed E-state index contributed by atoms with van der Waals surface area (Å²) in [5.41, 5.74) is 0.950. The van der Waals surface area contributed by atoms with Crippen molar-refractivity contribution >= 4 is 40.7 Å². The minimum Gasteiger partial charge on any atom is -0.507 e. The molecule has 3 aliphatic heterocycles. The topological polar surface area (TPSA) is 88.5 Å². The van der Waals surface area contributed by atoms with Crippen LogP contribution in [-0.2, 0) is 14.3 Å². The molecule has 2 aromatic carbocycles. The van der Waals surface area contributed by atoms with E-state index in [9.17, 15) is 14.7 Å². The smallest absolute Gasteiger partial charge is 0.295 e. The number of aliphatic hydroxyl groups excluding tert-OH is 1. The van der Waals surface area contributed by atoms with E-state index in [0.29, 0.717) is 72.1 Å². The van der Waals surface area contributed by atoms with E-state index in [2.05, 4.69) is 4.90 Å². The molecular formula is C26H26Cl2N2O6. The van der Waals surface area contributed by atoms with Gasteiger partial charge in [-0.3, -0.25) is 14.5 Å². The monoisotopic (exact) mass is 532 g/mol. The molecule has 2 saturated heterocycles. The van der Waals surface area contributed by atoms with E-state index in [1.54, 1.807) is 36.4 Å². The van der Waals surface area contributed by atoms with E-state index < -0.39 is 17.7 Å². The van der Waals surface area contributed by atoms with E-state index in [-0.39, 0.29) is 11.3 Å². The van der Waals surface area contributed by atoms with Crippen LogP contribution in [0.25, 0.3) is 5.76 Å². The lowest BCUT2D eigenvalue weighted by atomic mass is 9.95. The number of amides is 1. The lowest BCUT2D eigenvalue weighted by Crippen LogP contribution is -2.38. The molecule has 1 amide bonds. The fourth-order valence-corrected chi connectivity index (χ4v) is 5.08. The third-order valence-corrected chi connectivity index (χ3v) is 7.33. The number of Topliss-reactive ketones (excluding diaryl/α,β-unsaturated/α-hetero) is 1. The summed E-state index contributed by atoms with van der Waals surface area (Å²) in [6.07, 6.45) is 0.662. The van der Waals surface area contributed by atoms with Gasteiger partial charge in [-0.25, -0.2) is 0 Å². The molecule has 0 unspecified atom stereocenters. The normalized spacial score (nSPS) is 21.7. The van der Waals surface area contributed by atoms with Crippen LogP contribution in [0.3, 0.4) is 0 Å². The zero-order chi connectivity index (χ0) is 25.2. The number of ether oxygens (including phenoxy) is 3. The Morgan fingerprint density at radius 1 is 0.917 bits per heavy atom. The highest BCUT2D eigenvalue weighted by Gasteiger charge is 2.46. The zero-order valence-electron chi connectivity index (χ0n) is 19.5. The molecule has 8 nitrogen and oxygen atoms in total. The van der Waals surface area contributed by atoms with E-state index in [0.717, 1.165) is 19.6 Å². The van der Waals surface area contributed by atoms with Crippen LogP contribution in [0, 0.1) is 0 Å². The second-order valence-electron chi connectivity index (χ2n) is 8.83. The van der Waals surface area contributed by atoms with Gasteiger partial charge in [0, 0.05) is 31.7 Å². The van der Waals surface area contributed by atoms with Crippen LogP contribution >= 0.6 is 23.2 Å². The van der Waals surface area contributed by atoms with Crippen molar-refractivity contribution in [1.82, 2.24) is 9.80 Å². The number of aliphatic hydroxyl groups is 1. The highest BCUT2D eigenvalue weighted by atomic mass is 35.5. The number of rotatable bonds is 6. The predicted octanol–water partition coefficient (Wildman–Crippen LogP) is 3.91. The fraction of sp³-hybridized carbons (Fsp3) is 0.385. The van der Waals surface area contributed by atoms with E-state index >= 15 is 0 Å². The number of halogens is 2. The quantitative estimate of drug-likeness (QED) is 0.342. The van der Waals surface area contributed by atoms with Crippen molar-refractivity contribution in [2.75, 3.05) is 52.6 Å². The minimum absolute atomic E-state index is 0.00133. The molecule has 5 rings (SSSR count). The molecular weight excluding hydrogens is 507 g/mol. The standard InChI is InChI=1S/C26H26Cl2N2O6/c27-18-4-2-16(14-19(18)28)23-22(24(31)17-3-5-20-21(15-17)36-13-12-35-20)25(32)26(33)30(23)7-1-6-29-8-10-34-11-9-29/h2-5,14-15,23,31H,1,6-13H2/t23-/m1/s1. The van der Waals surface area contributed by atoms with Crippen molar-refractivity contribution < 1.29 is 28.9 Å². The van der Waals surface area contributed by atoms with Crippen molar-refractivity contribution in [3.8, 4) is 11.5 Å². The molecule has 3 aliphatic rings. The highest BCUT2D eigenvalue weighted by molar-refractivity contribution is 6.46. The number of likely N-dealkylation sites (tertiary alicyclic amines) is 1. The Labute approximate surface area is 218 Å². The van der Waals surface area contributed by atoms with Crippen molar-refractivity contribution in [2.24, 2.45) is 0 Å². The summed E-state index contributed by atoms with van der Waals surface area (Å²) in [5.74, 6) is -0.660. The summed E-state index contributed by atoms with van der Waals surface area (Å²) in [6, 6.07) is 9.09. The third kappa shape index (κ3) is 4.91. The van der Waals surface area contributed by atoms with Crippen LogP contribution in [0.5, 0.6) is 11.5 Å². The summed E-state index contributed by atoms with van der Waals surface area (Å²) in [7, 11) is 0. The Morgan fingerprint density at radius 3 is 2.42 bits per heavy atom. The molecule has 0 radical (unpaired) electrons. The number of morpholine rings is 1. The number of fused-ring (bicyclic) bond motifs is 1. The summed E-state index contributed by atoms with van der Waals surface area (Å²) in [5, 5.41) is 12.0. The number of benzene rings is 2. The van der Waals surface area contributed by atoms with E-state index in [1.807, 2.05) is 0 Å². The lowest BCUT2D eigenvalue weighted by molar-refractivity contribution is -0.140. The van der Waals surface area contributed by atoms with Gasteiger partial charge in [0.15, 0.2) is 11.5 Å². The average Bonchev–Trinajstić information content (AvgIpc) is 3.15. The Kier molecular flexibility index (Phi) is 7.39. The van der Waals surface area contributed by atoms with Crippen molar-refractivity contribution in [3.05, 3.63) is 63.1 Å². The summed E-state index contributed by atoms with van der Waals surface area (Å²) in [6.45, 7) is 4.96. The number of ketones is 1. The van der Waals surface area contributed by atoms with E-state index in [4.69, 9.17) is 37.4 Å². The van der Waals surface area contributed by atoms with Gasteiger partial charge in [0.05, 0.1) is 34.9 Å². The molecule has 36 heavy (non-hydrogen) atoms. The van der Waals surface area contributed by atoms with Crippen LogP contribution < -0.4 is 9.47 Å². The molecule has 3 heterocycles. The van der Waals surface area contributed by atoms with Crippen LogP contribution in [0.1, 0.15) is 23.6 Å². The number of hydrogen-bond donors (Lipinski definition) is 1. The first-order chi connectivity index (χ1) is 17.4. The number of carbonyl (C=O) groups excluding carboxylic acids is 2. The van der Waals surface area contributed by atoms with Crippen molar-refractivity contribution in [2.45, 2.75) is 12.5 Å². The first kappa shape index (κ1) is 24.9. The maximum atomic E-state index is 13.3. The first-order valence-corrected chi connectivity index (χ1v) is 12.6. The Morgan fingerprint density at radius 2 is 1.67 bits per heavy atom. The number of carbonyl (C=O) groups is 2. The molecule has 10 heteroatoms. The van der Waals surface area contributed by atoms with Crippen LogP contribution in [0.2, 0.25) is 10.0 Å². The molecule has 2 aromatic rings. The van der Waals surface area contributed by atoms with Crippen LogP contribution in [-0.4, -0.2) is 79.2 Å². The van der Waals surface area contributed by atoms with Crippen molar-refractivity contribution in [3.63, 3.8) is 0 Å². The Hall–Kier alpha value is -2.78. The molecule has 1 N–H and O–H groups in total. The van der Waals surface area contributed by atoms with Crippen LogP contribution in [0.15, 0.2) is 42.0 Å². The first-order valence-electron chi connectivity index (χ1n) is 11.9. The van der Waals surface area contributed by atoms with Gasteiger partial charge in [0.2, 0.25) is 0 Å². The van der Waals surface area contributed by atoms with Gasteiger partial charge in [0.1, 0.15) is 19.0 Å². The van der Waals surface area contributed by atoms with Gasteiger partial charge in [-0.2, -0.15) is 0 Å². The molecule has 0 aliphatic carbocycles. The zero-order valence-corrected chi connectivity index (χ0v) is 21.1. The fourth-order valence-electron chi connectivity index (χ4n) is 4.78. The van der Waals surface area contributed by atoms with Gasteiger partial charge in [0.25, 0.3) is 11.7 Å². The SMILES string of the molecule is O=C1C(=O)N(CCCN2CCOCC2)[C@H](c2ccc(Cl)c(Cl)c2)C1=C(O)c1ccc2c(c1)OCCO2. The minimum atomic E-state index is -0.808. The van der Waals surface area contributed by atoms with Gasteiger partial charge in [-0.1, -0.05) is 29.3 Å². The molecule has 0 bridgehead atoms. The number of nitrogens with zero attached hydrogens (tertiary/aromatic N) is 2. The van der Waals surface area contributed by atoms with Gasteiger partial charge in [-0.05, 0) is 42.3 Å². The molecule has 0 spiro atoms. The molecule has 190 valence electrons. The Bertz CT molecular complexity index is 1210. The predicted molar refractivity (Wildman–Crippen MR) is 135 cm³/mol. The summed E-state index contributed by atoms with van der Waals surface area (Å²) < 4.78 is 16.6. The summed E-state index contributed by atoms with van der Waals surface area (Å²) >= 11 is 12.4. The highest BCUT2D eigenvalue weighted by Crippen LogP contribution is 2.42. The summed E-state index contributed by atoms with van der Waals surface area (Å²) in [4.78, 5) is 30.2. The lowest BCUT2D eigenvalue weighted by Gasteiger charge is -2.29. The maximum Gasteiger partial charge on any atom is 0.295 e. The van der Waals surface area contributed by atoms with Gasteiger partial charge >= 0.3 is 0 Å². The molecule has 1 atom stereocenters. The second-order valence-corrected chi connectivity index (χ2v) is 9.65.